The van der Waals surface area contributed by atoms with Crippen LogP contribution in [0.25, 0.3) is 31.8 Å². The van der Waals surface area contributed by atoms with Gasteiger partial charge in [0.25, 0.3) is 0 Å². The molecule has 1 radical (unpaired) electrons. The second-order valence-electron chi connectivity index (χ2n) is 7.64. The van der Waals surface area contributed by atoms with E-state index in [1.807, 2.05) is 17.5 Å². The Bertz CT molecular complexity index is 1240. The summed E-state index contributed by atoms with van der Waals surface area (Å²) in [6, 6.07) is 20.5. The normalized spacial score (nSPS) is 10.8. The molecule has 0 saturated heterocycles. The number of aromatic nitrogens is 1. The van der Waals surface area contributed by atoms with E-state index >= 15 is 0 Å². The number of allylic oxidation sites excluding steroid dienone is 2. The number of fused-ring (bicyclic) bond motifs is 1. The molecular formula is C27H26IrNO2S-. The molecule has 5 heteroatoms. The quantitative estimate of drug-likeness (QED) is 0.148. The standard InChI is InChI=1S/C22H18NS.C5H8O2.Ir/c1-14-9-15(2)11-18(10-14)20-12-21-19(13-23-20)16(3)22(24-21)17-7-5-4-6-8-17;1-4(6)3-5(2)7;/h4-10,12-13H,1-3H3;3,6H,1-2H3;/q-1;;/b;4-3-;. The number of rotatable bonds is 3. The van der Waals surface area contributed by atoms with Crippen molar-refractivity contribution in [3.8, 4) is 21.7 Å². The molecule has 0 aliphatic heterocycles. The molecule has 0 bridgehead atoms. The van der Waals surface area contributed by atoms with Crippen molar-refractivity contribution in [3.63, 3.8) is 0 Å². The second kappa shape index (κ2) is 11.3. The second-order valence-corrected chi connectivity index (χ2v) is 8.69. The van der Waals surface area contributed by atoms with E-state index < -0.39 is 0 Å². The monoisotopic (exact) mass is 621 g/mol. The predicted octanol–water partition coefficient (Wildman–Crippen LogP) is 7.39. The van der Waals surface area contributed by atoms with E-state index in [9.17, 15) is 4.79 Å². The molecule has 0 amide bonds. The molecule has 32 heavy (non-hydrogen) atoms. The van der Waals surface area contributed by atoms with Crippen LogP contribution in [0.2, 0.25) is 0 Å². The summed E-state index contributed by atoms with van der Waals surface area (Å²) >= 11 is 1.84. The molecule has 3 nitrogen and oxygen atoms in total. The van der Waals surface area contributed by atoms with E-state index in [1.165, 1.54) is 51.6 Å². The molecule has 2 heterocycles. The summed E-state index contributed by atoms with van der Waals surface area (Å²) < 4.78 is 1.28. The maximum absolute atomic E-state index is 10.0. The van der Waals surface area contributed by atoms with E-state index in [-0.39, 0.29) is 31.6 Å². The van der Waals surface area contributed by atoms with Crippen LogP contribution in [0.1, 0.15) is 30.5 Å². The number of hydrogen-bond donors (Lipinski definition) is 1. The minimum absolute atomic E-state index is 0. The van der Waals surface area contributed by atoms with E-state index in [2.05, 4.69) is 75.4 Å². The molecule has 0 fully saturated rings. The summed E-state index contributed by atoms with van der Waals surface area (Å²) in [4.78, 5) is 16.0. The van der Waals surface area contributed by atoms with Crippen LogP contribution in [0, 0.1) is 26.8 Å². The number of pyridine rings is 1. The van der Waals surface area contributed by atoms with E-state index in [0.29, 0.717) is 0 Å². The number of benzene rings is 2. The molecule has 0 unspecified atom stereocenters. The van der Waals surface area contributed by atoms with Crippen LogP contribution in [0.15, 0.2) is 66.6 Å². The van der Waals surface area contributed by atoms with Crippen molar-refractivity contribution in [3.05, 3.63) is 89.3 Å². The predicted molar refractivity (Wildman–Crippen MR) is 131 cm³/mol. The van der Waals surface area contributed by atoms with Crippen molar-refractivity contribution >= 4 is 27.2 Å². The molecule has 2 aromatic heterocycles. The average Bonchev–Trinajstić information content (AvgIpc) is 3.03. The number of aryl methyl sites for hydroxylation is 3. The number of thiophene rings is 1. The molecule has 4 rings (SSSR count). The van der Waals surface area contributed by atoms with Crippen LogP contribution >= 0.6 is 11.3 Å². The minimum atomic E-state index is -0.125. The zero-order chi connectivity index (χ0) is 22.5. The van der Waals surface area contributed by atoms with E-state index in [1.54, 1.807) is 0 Å². The van der Waals surface area contributed by atoms with Gasteiger partial charge in [0.2, 0.25) is 0 Å². The van der Waals surface area contributed by atoms with Crippen molar-refractivity contribution in [1.29, 1.82) is 0 Å². The molecule has 0 saturated carbocycles. The first-order chi connectivity index (χ1) is 14.7. The third-order valence-corrected chi connectivity index (χ3v) is 6.00. The minimum Gasteiger partial charge on any atom is -0.512 e. The van der Waals surface area contributed by atoms with Gasteiger partial charge in [0.15, 0.2) is 5.78 Å². The largest absolute Gasteiger partial charge is 0.512 e. The number of aliphatic hydroxyl groups is 1. The molecule has 0 atom stereocenters. The number of carbonyl (C=O) groups is 1. The summed E-state index contributed by atoms with van der Waals surface area (Å²) in [6.07, 6.45) is 3.18. The SMILES string of the molecule is CC(=O)/C=C(/C)O.Cc1[c-]c(-c2cc3sc(-c4ccccc4)c(C)c3cn2)cc(C)c1.[Ir]. The Morgan fingerprint density at radius 1 is 1.06 bits per heavy atom. The maximum atomic E-state index is 10.0. The molecule has 0 spiro atoms. The van der Waals surface area contributed by atoms with Crippen LogP contribution in [0.4, 0.5) is 0 Å². The molecule has 4 aromatic rings. The number of nitrogens with zero attached hydrogens (tertiary/aromatic N) is 1. The Balaban J connectivity index is 0.000000398. The Morgan fingerprint density at radius 2 is 1.75 bits per heavy atom. The zero-order valence-electron chi connectivity index (χ0n) is 18.8. The van der Waals surface area contributed by atoms with Crippen molar-refractivity contribution < 1.29 is 30.0 Å². The fourth-order valence-electron chi connectivity index (χ4n) is 3.45. The first kappa shape index (κ1) is 25.7. The van der Waals surface area contributed by atoms with Crippen LogP contribution in [0.3, 0.4) is 0 Å². The fraction of sp³-hybridized carbons (Fsp3) is 0.185. The maximum Gasteiger partial charge on any atom is 0.155 e. The number of hydrogen-bond acceptors (Lipinski definition) is 4. The summed E-state index contributed by atoms with van der Waals surface area (Å²) in [5.74, 6) is -0.0625. The van der Waals surface area contributed by atoms with Crippen molar-refractivity contribution in [2.75, 3.05) is 0 Å². The van der Waals surface area contributed by atoms with Crippen molar-refractivity contribution in [2.24, 2.45) is 0 Å². The Hall–Kier alpha value is -2.59. The van der Waals surface area contributed by atoms with Gasteiger partial charge < -0.3 is 10.1 Å². The average molecular weight is 621 g/mol. The Labute approximate surface area is 207 Å². The first-order valence-corrected chi connectivity index (χ1v) is 10.9. The zero-order valence-corrected chi connectivity index (χ0v) is 22.0. The van der Waals surface area contributed by atoms with Gasteiger partial charge in [-0.15, -0.1) is 46.2 Å². The fourth-order valence-corrected chi connectivity index (χ4v) is 4.67. The van der Waals surface area contributed by atoms with Gasteiger partial charge in [-0.05, 0) is 37.6 Å². The third-order valence-electron chi connectivity index (χ3n) is 4.69. The molecule has 1 N–H and O–H groups in total. The molecule has 2 aromatic carbocycles. The number of aliphatic hydroxyl groups excluding tert-OH is 1. The van der Waals surface area contributed by atoms with E-state index in [0.717, 1.165) is 16.8 Å². The Morgan fingerprint density at radius 3 is 2.31 bits per heavy atom. The molecule has 0 aliphatic carbocycles. The summed E-state index contributed by atoms with van der Waals surface area (Å²) in [5, 5.41) is 9.61. The van der Waals surface area contributed by atoms with Crippen LogP contribution in [-0.4, -0.2) is 15.9 Å². The van der Waals surface area contributed by atoms with Gasteiger partial charge in [0, 0.05) is 47.3 Å². The van der Waals surface area contributed by atoms with Crippen molar-refractivity contribution in [2.45, 2.75) is 34.6 Å². The third kappa shape index (κ3) is 6.46. The van der Waals surface area contributed by atoms with Crippen LogP contribution in [-0.2, 0) is 24.9 Å². The number of ketones is 1. The van der Waals surface area contributed by atoms with Crippen LogP contribution in [0.5, 0.6) is 0 Å². The van der Waals surface area contributed by atoms with Crippen molar-refractivity contribution in [1.82, 2.24) is 4.98 Å². The smallest absolute Gasteiger partial charge is 0.155 e. The summed E-state index contributed by atoms with van der Waals surface area (Å²) in [6.45, 7) is 9.23. The molecule has 0 aliphatic rings. The van der Waals surface area contributed by atoms with E-state index in [4.69, 9.17) is 10.1 Å². The van der Waals surface area contributed by atoms with Gasteiger partial charge in [-0.3, -0.25) is 4.79 Å². The first-order valence-electron chi connectivity index (χ1n) is 10.1. The van der Waals surface area contributed by atoms with Gasteiger partial charge in [0.1, 0.15) is 0 Å². The van der Waals surface area contributed by atoms with Gasteiger partial charge in [0.05, 0.1) is 5.76 Å². The topological polar surface area (TPSA) is 50.2 Å². The Kier molecular flexibility index (Phi) is 9.09. The van der Waals surface area contributed by atoms with Crippen LogP contribution < -0.4 is 0 Å². The van der Waals surface area contributed by atoms with Gasteiger partial charge in [-0.25, -0.2) is 0 Å². The molecule has 167 valence electrons. The van der Waals surface area contributed by atoms with Gasteiger partial charge in [-0.2, -0.15) is 0 Å². The van der Waals surface area contributed by atoms with Gasteiger partial charge >= 0.3 is 0 Å². The van der Waals surface area contributed by atoms with Gasteiger partial charge in [-0.1, -0.05) is 50.2 Å². The molecular weight excluding hydrogens is 595 g/mol. The summed E-state index contributed by atoms with van der Waals surface area (Å²) in [7, 11) is 0. The summed E-state index contributed by atoms with van der Waals surface area (Å²) in [5.41, 5.74) is 7.05. The number of carbonyl (C=O) groups excluding carboxylic acids is 1.